The lowest BCUT2D eigenvalue weighted by Gasteiger charge is -2.37. The SMILES string of the molecule is CC1COCCN1C1CCC(N)C1. The number of rotatable bonds is 1. The highest BCUT2D eigenvalue weighted by molar-refractivity contribution is 4.88. The maximum absolute atomic E-state index is 5.92. The van der Waals surface area contributed by atoms with E-state index in [0.717, 1.165) is 25.8 Å². The molecule has 2 aliphatic rings. The fourth-order valence-corrected chi connectivity index (χ4v) is 2.58. The van der Waals surface area contributed by atoms with Crippen molar-refractivity contribution in [2.24, 2.45) is 5.73 Å². The summed E-state index contributed by atoms with van der Waals surface area (Å²) in [5.74, 6) is 0. The number of hydrogen-bond donors (Lipinski definition) is 1. The Hall–Kier alpha value is -0.120. The number of hydrogen-bond acceptors (Lipinski definition) is 3. The second-order valence-corrected chi connectivity index (χ2v) is 4.39. The van der Waals surface area contributed by atoms with Crippen LogP contribution < -0.4 is 5.73 Å². The van der Waals surface area contributed by atoms with Crippen LogP contribution in [0, 0.1) is 0 Å². The van der Waals surface area contributed by atoms with Gasteiger partial charge in [0.2, 0.25) is 0 Å². The first kappa shape index (κ1) is 9.44. The number of nitrogens with zero attached hydrogens (tertiary/aromatic N) is 1. The van der Waals surface area contributed by atoms with E-state index in [1.54, 1.807) is 0 Å². The largest absolute Gasteiger partial charge is 0.379 e. The van der Waals surface area contributed by atoms with Gasteiger partial charge in [0.1, 0.15) is 0 Å². The van der Waals surface area contributed by atoms with Gasteiger partial charge in [0.25, 0.3) is 0 Å². The minimum atomic E-state index is 0.444. The molecule has 13 heavy (non-hydrogen) atoms. The summed E-state index contributed by atoms with van der Waals surface area (Å²) in [5, 5.41) is 0. The third kappa shape index (κ3) is 2.03. The lowest BCUT2D eigenvalue weighted by atomic mass is 10.1. The molecule has 3 nitrogen and oxygen atoms in total. The molecule has 1 saturated carbocycles. The van der Waals surface area contributed by atoms with E-state index in [9.17, 15) is 0 Å². The van der Waals surface area contributed by atoms with Gasteiger partial charge in [0.05, 0.1) is 13.2 Å². The molecule has 0 aromatic rings. The van der Waals surface area contributed by atoms with Gasteiger partial charge in [-0.15, -0.1) is 0 Å². The highest BCUT2D eigenvalue weighted by atomic mass is 16.5. The van der Waals surface area contributed by atoms with Crippen molar-refractivity contribution in [2.45, 2.75) is 44.3 Å². The van der Waals surface area contributed by atoms with Crippen LogP contribution in [0.3, 0.4) is 0 Å². The van der Waals surface area contributed by atoms with E-state index in [0.29, 0.717) is 12.1 Å². The number of morpholine rings is 1. The van der Waals surface area contributed by atoms with Crippen LogP contribution in [0.15, 0.2) is 0 Å². The van der Waals surface area contributed by atoms with E-state index in [1.807, 2.05) is 0 Å². The molecule has 3 heteroatoms. The van der Waals surface area contributed by atoms with Gasteiger partial charge in [-0.1, -0.05) is 0 Å². The molecule has 1 saturated heterocycles. The van der Waals surface area contributed by atoms with Gasteiger partial charge in [0.15, 0.2) is 0 Å². The third-order valence-corrected chi connectivity index (χ3v) is 3.33. The van der Waals surface area contributed by atoms with Crippen molar-refractivity contribution < 1.29 is 4.74 Å². The second-order valence-electron chi connectivity index (χ2n) is 4.39. The summed E-state index contributed by atoms with van der Waals surface area (Å²) in [6.45, 7) is 5.14. The van der Waals surface area contributed by atoms with Crippen LogP contribution in [0.4, 0.5) is 0 Å². The Balaban J connectivity index is 1.91. The van der Waals surface area contributed by atoms with E-state index in [-0.39, 0.29) is 0 Å². The van der Waals surface area contributed by atoms with Crippen molar-refractivity contribution >= 4 is 0 Å². The summed E-state index contributed by atoms with van der Waals surface area (Å²) in [7, 11) is 0. The molecule has 0 amide bonds. The van der Waals surface area contributed by atoms with Gasteiger partial charge in [0, 0.05) is 24.7 Å². The Bertz CT molecular complexity index is 174. The summed E-state index contributed by atoms with van der Waals surface area (Å²) in [5.41, 5.74) is 5.92. The summed E-state index contributed by atoms with van der Waals surface area (Å²) in [6.07, 6.45) is 3.67. The molecule has 0 bridgehead atoms. The lowest BCUT2D eigenvalue weighted by Crippen LogP contribution is -2.48. The Morgan fingerprint density at radius 2 is 2.23 bits per heavy atom. The van der Waals surface area contributed by atoms with E-state index >= 15 is 0 Å². The van der Waals surface area contributed by atoms with Crippen molar-refractivity contribution in [2.75, 3.05) is 19.8 Å². The maximum Gasteiger partial charge on any atom is 0.0619 e. The normalized spacial score (nSPS) is 42.5. The standard InChI is InChI=1S/C10H20N2O/c1-8-7-13-5-4-12(8)10-3-2-9(11)6-10/h8-10H,2-7,11H2,1H3. The summed E-state index contributed by atoms with van der Waals surface area (Å²) >= 11 is 0. The highest BCUT2D eigenvalue weighted by Crippen LogP contribution is 2.25. The molecule has 3 atom stereocenters. The molecular weight excluding hydrogens is 164 g/mol. The van der Waals surface area contributed by atoms with Crippen LogP contribution in [-0.2, 0) is 4.74 Å². The van der Waals surface area contributed by atoms with E-state index in [1.165, 1.54) is 19.3 Å². The summed E-state index contributed by atoms with van der Waals surface area (Å²) in [6, 6.07) is 1.76. The zero-order valence-electron chi connectivity index (χ0n) is 8.41. The van der Waals surface area contributed by atoms with E-state index in [2.05, 4.69) is 11.8 Å². The fraction of sp³-hybridized carbons (Fsp3) is 1.00. The second kappa shape index (κ2) is 3.95. The average molecular weight is 184 g/mol. The van der Waals surface area contributed by atoms with Gasteiger partial charge in [-0.25, -0.2) is 0 Å². The minimum absolute atomic E-state index is 0.444. The zero-order valence-corrected chi connectivity index (χ0v) is 8.41. The summed E-state index contributed by atoms with van der Waals surface area (Å²) in [4.78, 5) is 2.58. The molecule has 0 spiro atoms. The van der Waals surface area contributed by atoms with E-state index < -0.39 is 0 Å². The van der Waals surface area contributed by atoms with Crippen molar-refractivity contribution in [1.29, 1.82) is 0 Å². The van der Waals surface area contributed by atoms with Crippen molar-refractivity contribution in [3.63, 3.8) is 0 Å². The van der Waals surface area contributed by atoms with Crippen LogP contribution in [0.1, 0.15) is 26.2 Å². The van der Waals surface area contributed by atoms with Crippen LogP contribution in [0.25, 0.3) is 0 Å². The van der Waals surface area contributed by atoms with Crippen LogP contribution in [0.2, 0.25) is 0 Å². The molecule has 0 aromatic heterocycles. The predicted octanol–water partition coefficient (Wildman–Crippen LogP) is 0.587. The highest BCUT2D eigenvalue weighted by Gasteiger charge is 2.31. The molecule has 1 aliphatic carbocycles. The molecule has 0 aromatic carbocycles. The Labute approximate surface area is 80.2 Å². The summed E-state index contributed by atoms with van der Waals surface area (Å²) < 4.78 is 5.43. The monoisotopic (exact) mass is 184 g/mol. The molecule has 3 unspecified atom stereocenters. The smallest absolute Gasteiger partial charge is 0.0619 e. The quantitative estimate of drug-likeness (QED) is 0.648. The molecule has 2 rings (SSSR count). The van der Waals surface area contributed by atoms with Crippen molar-refractivity contribution in [1.82, 2.24) is 4.90 Å². The minimum Gasteiger partial charge on any atom is -0.379 e. The molecule has 1 aliphatic heterocycles. The van der Waals surface area contributed by atoms with Crippen LogP contribution in [-0.4, -0.2) is 42.8 Å². The van der Waals surface area contributed by atoms with Crippen LogP contribution >= 0.6 is 0 Å². The molecular formula is C10H20N2O. The molecule has 76 valence electrons. The fourth-order valence-electron chi connectivity index (χ4n) is 2.58. The van der Waals surface area contributed by atoms with Gasteiger partial charge < -0.3 is 10.5 Å². The van der Waals surface area contributed by atoms with Gasteiger partial charge in [-0.05, 0) is 26.2 Å². The molecule has 1 heterocycles. The first-order valence-corrected chi connectivity index (χ1v) is 5.36. The van der Waals surface area contributed by atoms with E-state index in [4.69, 9.17) is 10.5 Å². The van der Waals surface area contributed by atoms with Crippen LogP contribution in [0.5, 0.6) is 0 Å². The first-order chi connectivity index (χ1) is 6.27. The topological polar surface area (TPSA) is 38.5 Å². The number of ether oxygens (including phenoxy) is 1. The van der Waals surface area contributed by atoms with Gasteiger partial charge in [-0.2, -0.15) is 0 Å². The van der Waals surface area contributed by atoms with Crippen molar-refractivity contribution in [3.8, 4) is 0 Å². The Morgan fingerprint density at radius 3 is 2.85 bits per heavy atom. The molecule has 2 fully saturated rings. The Kier molecular flexibility index (Phi) is 2.86. The van der Waals surface area contributed by atoms with Gasteiger partial charge >= 0.3 is 0 Å². The average Bonchev–Trinajstić information content (AvgIpc) is 2.53. The maximum atomic E-state index is 5.92. The zero-order chi connectivity index (χ0) is 9.26. The Morgan fingerprint density at radius 1 is 1.38 bits per heavy atom. The molecule has 0 radical (unpaired) electrons. The van der Waals surface area contributed by atoms with Crippen molar-refractivity contribution in [3.05, 3.63) is 0 Å². The lowest BCUT2D eigenvalue weighted by molar-refractivity contribution is -0.0208. The number of nitrogens with two attached hydrogens (primary N) is 1. The first-order valence-electron chi connectivity index (χ1n) is 5.36. The predicted molar refractivity (Wildman–Crippen MR) is 52.6 cm³/mol. The third-order valence-electron chi connectivity index (χ3n) is 3.33. The molecule has 2 N–H and O–H groups in total. The van der Waals surface area contributed by atoms with Gasteiger partial charge in [-0.3, -0.25) is 4.90 Å².